The van der Waals surface area contributed by atoms with Crippen LogP contribution in [0.3, 0.4) is 0 Å². The molecule has 4 rings (SSSR count). The van der Waals surface area contributed by atoms with Crippen LogP contribution in [0.5, 0.6) is 0 Å². The average Bonchev–Trinajstić information content (AvgIpc) is 3.09. The first-order valence-corrected chi connectivity index (χ1v) is 10.4. The molecule has 0 amide bonds. The second kappa shape index (κ2) is 7.19. The van der Waals surface area contributed by atoms with Gasteiger partial charge in [0, 0.05) is 16.0 Å². The van der Waals surface area contributed by atoms with Gasteiger partial charge in [-0.05, 0) is 34.2 Å². The summed E-state index contributed by atoms with van der Waals surface area (Å²) < 4.78 is 1.68. The number of fused-ring (bicyclic) bond motifs is 1. The van der Waals surface area contributed by atoms with Gasteiger partial charge in [0.2, 0.25) is 0 Å². The van der Waals surface area contributed by atoms with E-state index in [2.05, 4.69) is 50.0 Å². The van der Waals surface area contributed by atoms with Crippen LogP contribution in [0.2, 0.25) is 5.02 Å². The lowest BCUT2D eigenvalue weighted by Crippen LogP contribution is -2.21. The van der Waals surface area contributed by atoms with E-state index >= 15 is 0 Å². The summed E-state index contributed by atoms with van der Waals surface area (Å²) in [7, 11) is 0. The van der Waals surface area contributed by atoms with E-state index in [0.717, 1.165) is 21.5 Å². The first-order chi connectivity index (χ1) is 13.3. The highest BCUT2D eigenvalue weighted by atomic mass is 35.5. The standard InChI is InChI=1S/C23H21ClN2OS/c1-23(2,3)17-8-4-15(5-9-17)12-26-14-25-21-20(22(26)27)19(13-28-21)16-6-10-18(24)11-7-16/h4-11,13-14H,12H2,1-3H3. The Bertz CT molecular complexity index is 1180. The summed E-state index contributed by atoms with van der Waals surface area (Å²) in [5, 5.41) is 3.34. The molecule has 0 fully saturated rings. The van der Waals surface area contributed by atoms with Crippen LogP contribution < -0.4 is 5.56 Å². The number of aromatic nitrogens is 2. The van der Waals surface area contributed by atoms with Gasteiger partial charge in [-0.25, -0.2) is 4.98 Å². The minimum Gasteiger partial charge on any atom is -0.294 e. The van der Waals surface area contributed by atoms with Gasteiger partial charge in [-0.2, -0.15) is 0 Å². The molecule has 0 spiro atoms. The minimum atomic E-state index is -0.0175. The van der Waals surface area contributed by atoms with Crippen molar-refractivity contribution in [2.24, 2.45) is 0 Å². The molecular weight excluding hydrogens is 388 g/mol. The van der Waals surface area contributed by atoms with Gasteiger partial charge in [0.15, 0.2) is 0 Å². The maximum atomic E-state index is 13.2. The predicted molar refractivity (Wildman–Crippen MR) is 119 cm³/mol. The molecule has 142 valence electrons. The number of rotatable bonds is 3. The van der Waals surface area contributed by atoms with E-state index in [0.29, 0.717) is 17.0 Å². The molecule has 0 radical (unpaired) electrons. The summed E-state index contributed by atoms with van der Waals surface area (Å²) in [6.07, 6.45) is 1.64. The summed E-state index contributed by atoms with van der Waals surface area (Å²) in [6.45, 7) is 7.08. The maximum absolute atomic E-state index is 13.2. The van der Waals surface area contributed by atoms with Crippen LogP contribution in [0.15, 0.2) is 65.0 Å². The zero-order chi connectivity index (χ0) is 19.9. The van der Waals surface area contributed by atoms with Gasteiger partial charge >= 0.3 is 0 Å². The fraction of sp³-hybridized carbons (Fsp3) is 0.217. The highest BCUT2D eigenvalue weighted by molar-refractivity contribution is 7.17. The zero-order valence-corrected chi connectivity index (χ0v) is 17.6. The van der Waals surface area contributed by atoms with Crippen molar-refractivity contribution in [3.05, 3.63) is 86.7 Å². The van der Waals surface area contributed by atoms with Gasteiger partial charge in [-0.3, -0.25) is 9.36 Å². The number of nitrogens with zero attached hydrogens (tertiary/aromatic N) is 2. The summed E-state index contributed by atoms with van der Waals surface area (Å²) in [5.74, 6) is 0. The molecule has 0 aliphatic rings. The molecular formula is C23H21ClN2OS. The molecule has 28 heavy (non-hydrogen) atoms. The Morgan fingerprint density at radius 2 is 1.71 bits per heavy atom. The van der Waals surface area contributed by atoms with Gasteiger partial charge in [0.05, 0.1) is 18.3 Å². The third-order valence-electron chi connectivity index (χ3n) is 4.89. The predicted octanol–water partition coefficient (Wildman–Crippen LogP) is 6.12. The highest BCUT2D eigenvalue weighted by Gasteiger charge is 2.15. The lowest BCUT2D eigenvalue weighted by molar-refractivity contribution is 0.589. The Kier molecular flexibility index (Phi) is 4.86. The van der Waals surface area contributed by atoms with Crippen LogP contribution in [-0.2, 0) is 12.0 Å². The van der Waals surface area contributed by atoms with Gasteiger partial charge in [0.25, 0.3) is 5.56 Å². The summed E-state index contributed by atoms with van der Waals surface area (Å²) in [6, 6.07) is 16.0. The minimum absolute atomic E-state index is 0.0175. The van der Waals surface area contributed by atoms with Crippen molar-refractivity contribution in [3.63, 3.8) is 0 Å². The molecule has 5 heteroatoms. The number of hydrogen-bond donors (Lipinski definition) is 0. The van der Waals surface area contributed by atoms with Gasteiger partial charge in [-0.15, -0.1) is 11.3 Å². The third kappa shape index (κ3) is 3.62. The zero-order valence-electron chi connectivity index (χ0n) is 16.1. The summed E-state index contributed by atoms with van der Waals surface area (Å²) >= 11 is 7.49. The fourth-order valence-corrected chi connectivity index (χ4v) is 4.26. The number of thiophene rings is 1. The van der Waals surface area contributed by atoms with Gasteiger partial charge in [-0.1, -0.05) is 68.8 Å². The van der Waals surface area contributed by atoms with E-state index in [4.69, 9.17) is 11.6 Å². The molecule has 0 saturated carbocycles. The molecule has 0 unspecified atom stereocenters. The molecule has 0 N–H and O–H groups in total. The Balaban J connectivity index is 1.73. The highest BCUT2D eigenvalue weighted by Crippen LogP contribution is 2.31. The van der Waals surface area contributed by atoms with Crippen molar-refractivity contribution in [1.29, 1.82) is 0 Å². The van der Waals surface area contributed by atoms with Crippen molar-refractivity contribution >= 4 is 33.2 Å². The van der Waals surface area contributed by atoms with E-state index in [1.165, 1.54) is 16.9 Å². The van der Waals surface area contributed by atoms with Crippen molar-refractivity contribution in [1.82, 2.24) is 9.55 Å². The number of benzene rings is 2. The maximum Gasteiger partial charge on any atom is 0.263 e. The monoisotopic (exact) mass is 408 g/mol. The van der Waals surface area contributed by atoms with Crippen molar-refractivity contribution in [2.75, 3.05) is 0 Å². The molecule has 2 aromatic carbocycles. The Labute approximate surface area is 173 Å². The fourth-order valence-electron chi connectivity index (χ4n) is 3.23. The largest absolute Gasteiger partial charge is 0.294 e. The quantitative estimate of drug-likeness (QED) is 0.409. The van der Waals surface area contributed by atoms with Crippen LogP contribution in [0.25, 0.3) is 21.3 Å². The van der Waals surface area contributed by atoms with Gasteiger partial charge < -0.3 is 0 Å². The smallest absolute Gasteiger partial charge is 0.263 e. The second-order valence-electron chi connectivity index (χ2n) is 7.96. The topological polar surface area (TPSA) is 34.9 Å². The molecule has 0 saturated heterocycles. The second-order valence-corrected chi connectivity index (χ2v) is 9.26. The summed E-state index contributed by atoms with van der Waals surface area (Å²) in [5.41, 5.74) is 4.34. The molecule has 2 aromatic heterocycles. The van der Waals surface area contributed by atoms with Crippen LogP contribution in [-0.4, -0.2) is 9.55 Å². The van der Waals surface area contributed by atoms with E-state index < -0.39 is 0 Å². The van der Waals surface area contributed by atoms with Crippen LogP contribution in [0.4, 0.5) is 0 Å². The molecule has 0 bridgehead atoms. The van der Waals surface area contributed by atoms with Crippen molar-refractivity contribution in [2.45, 2.75) is 32.7 Å². The third-order valence-corrected chi connectivity index (χ3v) is 6.03. The van der Waals surface area contributed by atoms with Crippen molar-refractivity contribution < 1.29 is 0 Å². The Morgan fingerprint density at radius 3 is 2.36 bits per heavy atom. The first-order valence-electron chi connectivity index (χ1n) is 9.15. The molecule has 0 aliphatic carbocycles. The Morgan fingerprint density at radius 1 is 1.04 bits per heavy atom. The Hall–Kier alpha value is -2.43. The van der Waals surface area contributed by atoms with Crippen LogP contribution >= 0.6 is 22.9 Å². The first kappa shape index (κ1) is 18.9. The number of hydrogen-bond acceptors (Lipinski definition) is 3. The van der Waals surface area contributed by atoms with E-state index in [9.17, 15) is 4.79 Å². The van der Waals surface area contributed by atoms with Crippen LogP contribution in [0, 0.1) is 0 Å². The molecule has 4 aromatic rings. The number of halogens is 1. The molecule has 0 aliphatic heterocycles. The van der Waals surface area contributed by atoms with Crippen LogP contribution in [0.1, 0.15) is 31.9 Å². The molecule has 3 nitrogen and oxygen atoms in total. The normalized spacial score (nSPS) is 11.9. The average molecular weight is 409 g/mol. The summed E-state index contributed by atoms with van der Waals surface area (Å²) in [4.78, 5) is 18.5. The lowest BCUT2D eigenvalue weighted by atomic mass is 9.87. The van der Waals surface area contributed by atoms with E-state index in [1.807, 2.05) is 29.6 Å². The molecule has 0 atom stereocenters. The van der Waals surface area contributed by atoms with E-state index in [1.54, 1.807) is 10.9 Å². The van der Waals surface area contributed by atoms with E-state index in [-0.39, 0.29) is 11.0 Å². The van der Waals surface area contributed by atoms with Crippen molar-refractivity contribution in [3.8, 4) is 11.1 Å². The molecule has 2 heterocycles. The lowest BCUT2D eigenvalue weighted by Gasteiger charge is -2.19. The SMILES string of the molecule is CC(C)(C)c1ccc(Cn2cnc3scc(-c4ccc(Cl)cc4)c3c2=O)cc1. The van der Waals surface area contributed by atoms with Gasteiger partial charge in [0.1, 0.15) is 4.83 Å².